The van der Waals surface area contributed by atoms with Crippen molar-refractivity contribution in [2.24, 2.45) is 0 Å². The number of pyridine rings is 2. The lowest BCUT2D eigenvalue weighted by molar-refractivity contribution is -0.138. The Labute approximate surface area is 196 Å². The largest absolute Gasteiger partial charge is 0.408 e. The highest BCUT2D eigenvalue weighted by atomic mass is 19.4. The maximum Gasteiger partial charge on any atom is 0.408 e. The third-order valence-corrected chi connectivity index (χ3v) is 5.12. The van der Waals surface area contributed by atoms with E-state index in [1.54, 1.807) is 0 Å². The predicted octanol–water partition coefficient (Wildman–Crippen LogP) is 2.47. The summed E-state index contributed by atoms with van der Waals surface area (Å²) < 4.78 is 54.9. The van der Waals surface area contributed by atoms with E-state index in [0.717, 1.165) is 19.2 Å². The molecule has 2 atom stereocenters. The number of anilines is 2. The van der Waals surface area contributed by atoms with E-state index in [0.29, 0.717) is 5.39 Å². The number of fused-ring (bicyclic) bond motifs is 1. The van der Waals surface area contributed by atoms with E-state index in [-0.39, 0.29) is 34.1 Å². The van der Waals surface area contributed by atoms with Gasteiger partial charge in [-0.3, -0.25) is 4.79 Å². The maximum absolute atomic E-state index is 14.0. The van der Waals surface area contributed by atoms with E-state index in [2.05, 4.69) is 25.7 Å². The molecule has 0 fully saturated rings. The summed E-state index contributed by atoms with van der Waals surface area (Å²) in [5.74, 6) is -0.974. The molecule has 0 bridgehead atoms. The lowest BCUT2D eigenvalue weighted by atomic mass is 10.0. The molecule has 5 N–H and O–H groups in total. The van der Waals surface area contributed by atoms with Crippen molar-refractivity contribution in [3.05, 3.63) is 35.7 Å². The molecule has 2 unspecified atom stereocenters. The molecule has 1 amide bonds. The van der Waals surface area contributed by atoms with Gasteiger partial charge in [0.05, 0.1) is 35.2 Å². The summed E-state index contributed by atoms with van der Waals surface area (Å²) in [6.45, 7) is 2.72. The van der Waals surface area contributed by atoms with Crippen molar-refractivity contribution in [2.75, 3.05) is 17.6 Å². The Kier molecular flexibility index (Phi) is 6.84. The van der Waals surface area contributed by atoms with Crippen molar-refractivity contribution in [1.29, 1.82) is 5.26 Å². The van der Waals surface area contributed by atoms with Gasteiger partial charge in [0.25, 0.3) is 5.91 Å². The van der Waals surface area contributed by atoms with Crippen LogP contribution >= 0.6 is 0 Å². The van der Waals surface area contributed by atoms with E-state index in [9.17, 15) is 27.5 Å². The molecule has 3 aromatic heterocycles. The first-order valence-electron chi connectivity index (χ1n) is 10.2. The fourth-order valence-electron chi connectivity index (χ4n) is 2.93. The standard InChI is InChI=1S/C21H22F4N8O2/c1-10(21(23,24)25)31-14-5-16(28-8-13(14)19(34)29-9-15(22)20(2,3)35)33-18-12(7-30-33)4-11(6-26)17(27)32-18/h4-5,7-8,10,15,35H,9H2,1-3H3,(H2,27,32)(H,28,31)(H,29,34). The second-order valence-corrected chi connectivity index (χ2v) is 8.33. The van der Waals surface area contributed by atoms with Crippen LogP contribution in [0.1, 0.15) is 36.7 Å². The van der Waals surface area contributed by atoms with Crippen LogP contribution in [0.5, 0.6) is 0 Å². The zero-order chi connectivity index (χ0) is 26.1. The summed E-state index contributed by atoms with van der Waals surface area (Å²) in [5.41, 5.74) is 3.80. The van der Waals surface area contributed by atoms with Gasteiger partial charge in [-0.05, 0) is 26.8 Å². The van der Waals surface area contributed by atoms with Gasteiger partial charge >= 0.3 is 6.18 Å². The van der Waals surface area contributed by atoms with Crippen LogP contribution in [0.15, 0.2) is 24.5 Å². The number of nitrogens with one attached hydrogen (secondary N) is 2. The lowest BCUT2D eigenvalue weighted by Crippen LogP contribution is -2.42. The summed E-state index contributed by atoms with van der Waals surface area (Å²) in [7, 11) is 0. The summed E-state index contributed by atoms with van der Waals surface area (Å²) >= 11 is 0. The molecule has 0 radical (unpaired) electrons. The molecule has 0 spiro atoms. The van der Waals surface area contributed by atoms with Gasteiger partial charge in [0.2, 0.25) is 0 Å². The monoisotopic (exact) mass is 494 g/mol. The van der Waals surface area contributed by atoms with Gasteiger partial charge in [-0.15, -0.1) is 0 Å². The Bertz CT molecular complexity index is 1290. The number of hydrogen-bond donors (Lipinski definition) is 4. The highest BCUT2D eigenvalue weighted by Crippen LogP contribution is 2.27. The molecule has 3 rings (SSSR count). The minimum absolute atomic E-state index is 0.00453. The van der Waals surface area contributed by atoms with Crippen LogP contribution in [0.3, 0.4) is 0 Å². The fraction of sp³-hybridized carbons (Fsp3) is 0.381. The number of carbonyl (C=O) groups excluding carboxylic acids is 1. The number of nitrogens with zero attached hydrogens (tertiary/aromatic N) is 5. The Hall–Kier alpha value is -3.99. The third-order valence-electron chi connectivity index (χ3n) is 5.12. The molecule has 0 aliphatic rings. The van der Waals surface area contributed by atoms with Crippen LogP contribution in [0.25, 0.3) is 16.9 Å². The van der Waals surface area contributed by atoms with Crippen molar-refractivity contribution in [1.82, 2.24) is 25.1 Å². The topological polar surface area (TPSA) is 155 Å². The SMILES string of the molecule is CC(Nc1cc(-n2ncc3cc(C#N)c(N)nc32)ncc1C(=O)NCC(F)C(C)(C)O)C(F)(F)F. The van der Waals surface area contributed by atoms with Crippen LogP contribution < -0.4 is 16.4 Å². The highest BCUT2D eigenvalue weighted by Gasteiger charge is 2.37. The van der Waals surface area contributed by atoms with Crippen LogP contribution in [0.4, 0.5) is 29.1 Å². The molecule has 3 aromatic rings. The second kappa shape index (κ2) is 9.34. The van der Waals surface area contributed by atoms with Gasteiger partial charge in [0.1, 0.15) is 24.1 Å². The molecule has 14 heteroatoms. The molecular formula is C21H22F4N8O2. The minimum Gasteiger partial charge on any atom is -0.387 e. The number of amides is 1. The van der Waals surface area contributed by atoms with Crippen LogP contribution in [-0.4, -0.2) is 61.3 Å². The van der Waals surface area contributed by atoms with Crippen molar-refractivity contribution in [2.45, 2.75) is 44.8 Å². The molecule has 10 nitrogen and oxygen atoms in total. The number of alkyl halides is 4. The molecule has 35 heavy (non-hydrogen) atoms. The maximum atomic E-state index is 14.0. The summed E-state index contributed by atoms with van der Waals surface area (Å²) in [4.78, 5) is 20.9. The number of carbonyl (C=O) groups is 1. The van der Waals surface area contributed by atoms with Crippen molar-refractivity contribution in [3.8, 4) is 11.9 Å². The van der Waals surface area contributed by atoms with Gasteiger partial charge in [0, 0.05) is 17.6 Å². The van der Waals surface area contributed by atoms with Gasteiger partial charge < -0.3 is 21.5 Å². The second-order valence-electron chi connectivity index (χ2n) is 8.33. The van der Waals surface area contributed by atoms with Crippen molar-refractivity contribution >= 4 is 28.4 Å². The van der Waals surface area contributed by atoms with E-state index >= 15 is 0 Å². The quantitative estimate of drug-likeness (QED) is 0.365. The summed E-state index contributed by atoms with van der Waals surface area (Å²) in [6.07, 6.45) is -4.08. The van der Waals surface area contributed by atoms with E-state index in [4.69, 9.17) is 11.0 Å². The number of hydrogen-bond acceptors (Lipinski definition) is 8. The number of nitrogens with two attached hydrogens (primary N) is 1. The van der Waals surface area contributed by atoms with Crippen molar-refractivity contribution < 1.29 is 27.5 Å². The van der Waals surface area contributed by atoms with Gasteiger partial charge in [-0.1, -0.05) is 0 Å². The molecular weight excluding hydrogens is 472 g/mol. The first kappa shape index (κ1) is 25.6. The zero-order valence-electron chi connectivity index (χ0n) is 18.9. The van der Waals surface area contributed by atoms with Crippen LogP contribution in [-0.2, 0) is 0 Å². The predicted molar refractivity (Wildman–Crippen MR) is 118 cm³/mol. The van der Waals surface area contributed by atoms with Crippen molar-refractivity contribution in [3.63, 3.8) is 0 Å². The number of rotatable bonds is 7. The zero-order valence-corrected chi connectivity index (χ0v) is 18.9. The first-order valence-corrected chi connectivity index (χ1v) is 10.2. The molecule has 0 aliphatic carbocycles. The van der Waals surface area contributed by atoms with Gasteiger partial charge in [0.15, 0.2) is 11.5 Å². The van der Waals surface area contributed by atoms with Crippen LogP contribution in [0.2, 0.25) is 0 Å². The number of halogens is 4. The number of aliphatic hydroxyl groups is 1. The summed E-state index contributed by atoms with van der Waals surface area (Å²) in [6, 6.07) is 2.44. The smallest absolute Gasteiger partial charge is 0.387 e. The Morgan fingerprint density at radius 1 is 1.31 bits per heavy atom. The van der Waals surface area contributed by atoms with E-state index < -0.39 is 36.4 Å². The molecule has 0 saturated heterocycles. The Balaban J connectivity index is 2.02. The van der Waals surface area contributed by atoms with Gasteiger partial charge in [-0.2, -0.15) is 28.2 Å². The third kappa shape index (κ3) is 5.57. The molecule has 0 saturated carbocycles. The average molecular weight is 494 g/mol. The highest BCUT2D eigenvalue weighted by molar-refractivity contribution is 5.99. The first-order chi connectivity index (χ1) is 16.2. The number of aromatic nitrogens is 4. The molecule has 186 valence electrons. The average Bonchev–Trinajstić information content (AvgIpc) is 3.17. The van der Waals surface area contributed by atoms with E-state index in [1.165, 1.54) is 30.8 Å². The Morgan fingerprint density at radius 3 is 2.60 bits per heavy atom. The molecule has 0 aromatic carbocycles. The fourth-order valence-corrected chi connectivity index (χ4v) is 2.93. The normalized spacial score (nSPS) is 13.8. The van der Waals surface area contributed by atoms with Crippen LogP contribution in [0, 0.1) is 11.3 Å². The lowest BCUT2D eigenvalue weighted by Gasteiger charge is -2.23. The molecule has 0 aliphatic heterocycles. The summed E-state index contributed by atoms with van der Waals surface area (Å²) in [5, 5.41) is 27.8. The minimum atomic E-state index is -4.63. The number of nitrogen functional groups attached to an aromatic ring is 1. The van der Waals surface area contributed by atoms with Gasteiger partial charge in [-0.25, -0.2) is 14.4 Å². The Morgan fingerprint density at radius 2 is 2.00 bits per heavy atom. The number of nitriles is 1. The molecule has 3 heterocycles. The van der Waals surface area contributed by atoms with E-state index in [1.807, 2.05) is 6.07 Å².